The molecule has 1 N–H and O–H groups in total. The van der Waals surface area contributed by atoms with E-state index in [2.05, 4.69) is 15.3 Å². The SMILES string of the molecule is COc1cc2ncnc(Cl)c2cc1OC1CCNCC1. The van der Waals surface area contributed by atoms with Gasteiger partial charge in [0, 0.05) is 11.5 Å². The topological polar surface area (TPSA) is 56.3 Å². The van der Waals surface area contributed by atoms with Gasteiger partial charge < -0.3 is 14.8 Å². The number of nitrogens with zero attached hydrogens (tertiary/aromatic N) is 2. The van der Waals surface area contributed by atoms with Gasteiger partial charge in [-0.2, -0.15) is 0 Å². The zero-order chi connectivity index (χ0) is 13.9. The van der Waals surface area contributed by atoms with Crippen molar-refractivity contribution < 1.29 is 9.47 Å². The summed E-state index contributed by atoms with van der Waals surface area (Å²) in [6.07, 6.45) is 3.61. The minimum Gasteiger partial charge on any atom is -0.493 e. The van der Waals surface area contributed by atoms with Crippen LogP contribution in [-0.4, -0.2) is 36.3 Å². The maximum Gasteiger partial charge on any atom is 0.162 e. The molecule has 1 aromatic carbocycles. The highest BCUT2D eigenvalue weighted by atomic mass is 35.5. The maximum absolute atomic E-state index is 6.11. The lowest BCUT2D eigenvalue weighted by molar-refractivity contribution is 0.157. The highest BCUT2D eigenvalue weighted by molar-refractivity contribution is 6.34. The van der Waals surface area contributed by atoms with Crippen molar-refractivity contribution in [2.24, 2.45) is 0 Å². The van der Waals surface area contributed by atoms with Gasteiger partial charge in [0.2, 0.25) is 0 Å². The summed E-state index contributed by atoms with van der Waals surface area (Å²) in [6.45, 7) is 1.95. The number of piperidine rings is 1. The Morgan fingerprint density at radius 2 is 2.00 bits per heavy atom. The lowest BCUT2D eigenvalue weighted by atomic mass is 10.1. The lowest BCUT2D eigenvalue weighted by Gasteiger charge is -2.24. The monoisotopic (exact) mass is 293 g/mol. The van der Waals surface area contributed by atoms with E-state index in [1.54, 1.807) is 7.11 Å². The molecule has 0 radical (unpaired) electrons. The first kappa shape index (κ1) is 13.4. The van der Waals surface area contributed by atoms with Crippen molar-refractivity contribution in [3.05, 3.63) is 23.6 Å². The van der Waals surface area contributed by atoms with E-state index in [1.807, 2.05) is 12.1 Å². The predicted octanol–water partition coefficient (Wildman–Crippen LogP) is 2.42. The van der Waals surface area contributed by atoms with Crippen molar-refractivity contribution in [3.63, 3.8) is 0 Å². The largest absolute Gasteiger partial charge is 0.493 e. The molecule has 0 unspecified atom stereocenters. The molecule has 1 saturated heterocycles. The van der Waals surface area contributed by atoms with Crippen LogP contribution in [0.4, 0.5) is 0 Å². The third kappa shape index (κ3) is 2.64. The summed E-state index contributed by atoms with van der Waals surface area (Å²) in [5.41, 5.74) is 0.750. The molecule has 5 nitrogen and oxygen atoms in total. The van der Waals surface area contributed by atoms with E-state index < -0.39 is 0 Å². The Hall–Kier alpha value is -1.59. The second-order valence-corrected chi connectivity index (χ2v) is 5.11. The zero-order valence-corrected chi connectivity index (χ0v) is 12.0. The van der Waals surface area contributed by atoms with E-state index in [4.69, 9.17) is 21.1 Å². The number of rotatable bonds is 3. The third-order valence-corrected chi connectivity index (χ3v) is 3.75. The average molecular weight is 294 g/mol. The lowest BCUT2D eigenvalue weighted by Crippen LogP contribution is -2.34. The van der Waals surface area contributed by atoms with Gasteiger partial charge in [-0.25, -0.2) is 9.97 Å². The van der Waals surface area contributed by atoms with Crippen LogP contribution in [0.25, 0.3) is 10.9 Å². The Balaban J connectivity index is 1.97. The molecule has 20 heavy (non-hydrogen) atoms. The first-order valence-corrected chi connectivity index (χ1v) is 7.01. The van der Waals surface area contributed by atoms with Gasteiger partial charge in [-0.15, -0.1) is 0 Å². The van der Waals surface area contributed by atoms with E-state index >= 15 is 0 Å². The fourth-order valence-electron chi connectivity index (χ4n) is 2.38. The number of halogens is 1. The molecule has 2 aromatic rings. The molecule has 0 amide bonds. The van der Waals surface area contributed by atoms with E-state index in [0.717, 1.165) is 36.8 Å². The second kappa shape index (κ2) is 5.81. The number of hydrogen-bond donors (Lipinski definition) is 1. The molecular formula is C14H16ClN3O2. The highest BCUT2D eigenvalue weighted by Crippen LogP contribution is 2.35. The van der Waals surface area contributed by atoms with Gasteiger partial charge in [0.05, 0.1) is 12.6 Å². The fraction of sp³-hybridized carbons (Fsp3) is 0.429. The second-order valence-electron chi connectivity index (χ2n) is 4.75. The van der Waals surface area contributed by atoms with E-state index in [1.165, 1.54) is 6.33 Å². The number of nitrogens with one attached hydrogen (secondary N) is 1. The number of benzene rings is 1. The van der Waals surface area contributed by atoms with Crippen LogP contribution in [0, 0.1) is 0 Å². The van der Waals surface area contributed by atoms with E-state index in [-0.39, 0.29) is 6.10 Å². The Bertz CT molecular complexity index is 615. The summed E-state index contributed by atoms with van der Waals surface area (Å²) < 4.78 is 11.5. The summed E-state index contributed by atoms with van der Waals surface area (Å²) in [5.74, 6) is 1.37. The van der Waals surface area contributed by atoms with Crippen LogP contribution < -0.4 is 14.8 Å². The summed E-state index contributed by atoms with van der Waals surface area (Å²) in [4.78, 5) is 8.20. The molecule has 0 spiro atoms. The fourth-order valence-corrected chi connectivity index (χ4v) is 2.57. The smallest absolute Gasteiger partial charge is 0.162 e. The molecule has 0 bridgehead atoms. The molecule has 106 valence electrons. The van der Waals surface area contributed by atoms with Crippen molar-refractivity contribution in [1.29, 1.82) is 0 Å². The first-order valence-electron chi connectivity index (χ1n) is 6.63. The van der Waals surface area contributed by atoms with Crippen LogP contribution in [0.15, 0.2) is 18.5 Å². The summed E-state index contributed by atoms with van der Waals surface area (Å²) in [6, 6.07) is 3.69. The third-order valence-electron chi connectivity index (χ3n) is 3.45. The Labute approximate surface area is 122 Å². The number of fused-ring (bicyclic) bond motifs is 1. The zero-order valence-electron chi connectivity index (χ0n) is 11.2. The predicted molar refractivity (Wildman–Crippen MR) is 77.6 cm³/mol. The van der Waals surface area contributed by atoms with Crippen LogP contribution in [0.2, 0.25) is 5.15 Å². The molecule has 1 aliphatic rings. The van der Waals surface area contributed by atoms with Crippen LogP contribution in [-0.2, 0) is 0 Å². The minimum atomic E-state index is 0.200. The Kier molecular flexibility index (Phi) is 3.89. The molecule has 1 aromatic heterocycles. The molecule has 0 aliphatic carbocycles. The van der Waals surface area contributed by atoms with Gasteiger partial charge in [-0.1, -0.05) is 11.6 Å². The molecule has 0 atom stereocenters. The van der Waals surface area contributed by atoms with Crippen molar-refractivity contribution >= 4 is 22.5 Å². The van der Waals surface area contributed by atoms with Crippen LogP contribution in [0.3, 0.4) is 0 Å². The van der Waals surface area contributed by atoms with Gasteiger partial charge in [0.15, 0.2) is 11.5 Å². The minimum absolute atomic E-state index is 0.200. The van der Waals surface area contributed by atoms with Crippen LogP contribution in [0.1, 0.15) is 12.8 Å². The van der Waals surface area contributed by atoms with Crippen molar-refractivity contribution in [2.75, 3.05) is 20.2 Å². The van der Waals surface area contributed by atoms with Gasteiger partial charge in [0.1, 0.15) is 17.6 Å². The van der Waals surface area contributed by atoms with Crippen molar-refractivity contribution in [3.8, 4) is 11.5 Å². The van der Waals surface area contributed by atoms with Crippen molar-refractivity contribution in [1.82, 2.24) is 15.3 Å². The van der Waals surface area contributed by atoms with Crippen LogP contribution in [0.5, 0.6) is 11.5 Å². The molecule has 3 rings (SSSR count). The quantitative estimate of drug-likeness (QED) is 0.881. The summed E-state index contributed by atoms with van der Waals surface area (Å²) in [7, 11) is 1.62. The molecule has 0 saturated carbocycles. The summed E-state index contributed by atoms with van der Waals surface area (Å²) >= 11 is 6.11. The normalized spacial score (nSPS) is 16.3. The van der Waals surface area contributed by atoms with Crippen molar-refractivity contribution in [2.45, 2.75) is 18.9 Å². The standard InChI is InChI=1S/C14H16ClN3O2/c1-19-12-7-11-10(14(15)18-8-17-11)6-13(12)20-9-2-4-16-5-3-9/h6-9,16H,2-5H2,1H3. The number of aromatic nitrogens is 2. The van der Waals surface area contributed by atoms with Gasteiger partial charge >= 0.3 is 0 Å². The Morgan fingerprint density at radius 3 is 2.75 bits per heavy atom. The van der Waals surface area contributed by atoms with E-state index in [0.29, 0.717) is 16.7 Å². The van der Waals surface area contributed by atoms with E-state index in [9.17, 15) is 0 Å². The number of ether oxygens (including phenoxy) is 2. The summed E-state index contributed by atoms with van der Waals surface area (Å²) in [5, 5.41) is 4.52. The van der Waals surface area contributed by atoms with Gasteiger partial charge in [-0.3, -0.25) is 0 Å². The molecule has 1 aliphatic heterocycles. The first-order chi connectivity index (χ1) is 9.78. The molecule has 6 heteroatoms. The van der Waals surface area contributed by atoms with Crippen LogP contribution >= 0.6 is 11.6 Å². The highest BCUT2D eigenvalue weighted by Gasteiger charge is 2.18. The molecule has 2 heterocycles. The number of methoxy groups -OCH3 is 1. The van der Waals surface area contributed by atoms with Gasteiger partial charge in [0.25, 0.3) is 0 Å². The van der Waals surface area contributed by atoms with Gasteiger partial charge in [-0.05, 0) is 32.0 Å². The average Bonchev–Trinajstić information content (AvgIpc) is 2.48. The number of hydrogen-bond acceptors (Lipinski definition) is 5. The maximum atomic E-state index is 6.11. The molecular weight excluding hydrogens is 278 g/mol. The molecule has 1 fully saturated rings. The Morgan fingerprint density at radius 1 is 1.20 bits per heavy atom.